The Morgan fingerprint density at radius 3 is 2.16 bits per heavy atom. The molecule has 0 radical (unpaired) electrons. The van der Waals surface area contributed by atoms with Gasteiger partial charge in [0, 0.05) is 18.7 Å². The Balaban J connectivity index is 1.82. The number of benzene rings is 2. The monoisotopic (exact) mass is 331 g/mol. The first-order valence-electron chi connectivity index (χ1n) is 8.83. The lowest BCUT2D eigenvalue weighted by atomic mass is 10.0. The van der Waals surface area contributed by atoms with Crippen LogP contribution in [0.2, 0.25) is 0 Å². The third-order valence-corrected chi connectivity index (χ3v) is 4.69. The minimum absolute atomic E-state index is 0.0840. The average molecular weight is 331 g/mol. The number of hydrogen-bond donors (Lipinski definition) is 0. The second kappa shape index (κ2) is 6.93. The van der Waals surface area contributed by atoms with Gasteiger partial charge in [-0.2, -0.15) is 5.10 Å². The van der Waals surface area contributed by atoms with Crippen molar-refractivity contribution in [1.82, 2.24) is 14.7 Å². The molecule has 2 aromatic carbocycles. The quantitative estimate of drug-likeness (QED) is 0.722. The first-order chi connectivity index (χ1) is 12.3. The van der Waals surface area contributed by atoms with Gasteiger partial charge in [0.1, 0.15) is 0 Å². The highest BCUT2D eigenvalue weighted by molar-refractivity contribution is 6.00. The summed E-state index contributed by atoms with van der Waals surface area (Å²) in [6.45, 7) is 1.67. The molecular formula is C21H21N3O. The van der Waals surface area contributed by atoms with E-state index in [1.165, 1.54) is 6.42 Å². The number of amides is 1. The predicted molar refractivity (Wildman–Crippen MR) is 98.8 cm³/mol. The molecule has 25 heavy (non-hydrogen) atoms. The highest BCUT2D eigenvalue weighted by atomic mass is 16.2. The fourth-order valence-electron chi connectivity index (χ4n) is 3.41. The minimum atomic E-state index is 0.0840. The maximum absolute atomic E-state index is 13.1. The summed E-state index contributed by atoms with van der Waals surface area (Å²) < 4.78 is 1.87. The molecule has 3 aromatic rings. The highest BCUT2D eigenvalue weighted by Crippen LogP contribution is 2.28. The summed E-state index contributed by atoms with van der Waals surface area (Å²) in [5.74, 6) is 0.0840. The van der Waals surface area contributed by atoms with Gasteiger partial charge in [-0.25, -0.2) is 4.68 Å². The lowest BCUT2D eigenvalue weighted by molar-refractivity contribution is 0.0725. The zero-order valence-electron chi connectivity index (χ0n) is 14.1. The summed E-state index contributed by atoms with van der Waals surface area (Å²) in [6, 6.07) is 20.0. The topological polar surface area (TPSA) is 38.1 Å². The van der Waals surface area contributed by atoms with Crippen LogP contribution in [0.1, 0.15) is 29.6 Å². The number of hydrogen-bond acceptors (Lipinski definition) is 2. The van der Waals surface area contributed by atoms with Gasteiger partial charge >= 0.3 is 0 Å². The fraction of sp³-hybridized carbons (Fsp3) is 0.238. The molecule has 2 heterocycles. The largest absolute Gasteiger partial charge is 0.339 e. The Kier molecular flexibility index (Phi) is 4.34. The van der Waals surface area contributed by atoms with Crippen molar-refractivity contribution in [3.05, 3.63) is 72.4 Å². The van der Waals surface area contributed by atoms with Crippen LogP contribution in [-0.2, 0) is 0 Å². The lowest BCUT2D eigenvalue weighted by Crippen LogP contribution is -2.35. The van der Waals surface area contributed by atoms with Crippen LogP contribution in [0.25, 0.3) is 16.9 Å². The molecule has 1 fully saturated rings. The third-order valence-electron chi connectivity index (χ3n) is 4.69. The van der Waals surface area contributed by atoms with Crippen molar-refractivity contribution in [2.75, 3.05) is 13.1 Å². The van der Waals surface area contributed by atoms with Crippen LogP contribution in [0.4, 0.5) is 0 Å². The van der Waals surface area contributed by atoms with Crippen molar-refractivity contribution in [2.45, 2.75) is 19.3 Å². The van der Waals surface area contributed by atoms with E-state index in [4.69, 9.17) is 0 Å². The highest BCUT2D eigenvalue weighted by Gasteiger charge is 2.25. The van der Waals surface area contributed by atoms with Crippen LogP contribution >= 0.6 is 0 Å². The van der Waals surface area contributed by atoms with Gasteiger partial charge in [0.25, 0.3) is 5.91 Å². The van der Waals surface area contributed by atoms with E-state index in [1.807, 2.05) is 70.2 Å². The molecule has 1 amide bonds. The van der Waals surface area contributed by atoms with Gasteiger partial charge in [-0.15, -0.1) is 0 Å². The number of aromatic nitrogens is 2. The van der Waals surface area contributed by atoms with E-state index < -0.39 is 0 Å². The molecule has 1 aliphatic heterocycles. The second-order valence-corrected chi connectivity index (χ2v) is 6.37. The van der Waals surface area contributed by atoms with E-state index >= 15 is 0 Å². The van der Waals surface area contributed by atoms with Crippen LogP contribution in [-0.4, -0.2) is 33.7 Å². The Hall–Kier alpha value is -2.88. The molecule has 126 valence electrons. The van der Waals surface area contributed by atoms with Gasteiger partial charge in [0.05, 0.1) is 23.1 Å². The van der Waals surface area contributed by atoms with E-state index in [0.717, 1.165) is 42.9 Å². The first kappa shape index (κ1) is 15.6. The maximum atomic E-state index is 13.1. The van der Waals surface area contributed by atoms with Crippen molar-refractivity contribution in [3.63, 3.8) is 0 Å². The van der Waals surface area contributed by atoms with Gasteiger partial charge < -0.3 is 4.90 Å². The van der Waals surface area contributed by atoms with Crippen molar-refractivity contribution in [3.8, 4) is 16.9 Å². The fourth-order valence-corrected chi connectivity index (χ4v) is 3.41. The standard InChI is InChI=1S/C21H21N3O/c25-21(23-14-8-3-9-15-23)19-16-22-24(18-12-6-2-7-13-18)20(19)17-10-4-1-5-11-17/h1-2,4-7,10-13,16H,3,8-9,14-15H2. The van der Waals surface area contributed by atoms with E-state index in [2.05, 4.69) is 5.10 Å². The zero-order chi connectivity index (χ0) is 17.1. The van der Waals surface area contributed by atoms with Crippen molar-refractivity contribution < 1.29 is 4.79 Å². The average Bonchev–Trinajstić information content (AvgIpc) is 3.14. The third kappa shape index (κ3) is 3.07. The molecule has 4 nitrogen and oxygen atoms in total. The van der Waals surface area contributed by atoms with Gasteiger partial charge in [-0.05, 0) is 31.4 Å². The minimum Gasteiger partial charge on any atom is -0.339 e. The summed E-state index contributed by atoms with van der Waals surface area (Å²) in [5, 5.41) is 4.55. The van der Waals surface area contributed by atoms with Crippen LogP contribution in [0.5, 0.6) is 0 Å². The molecule has 4 heteroatoms. The molecule has 0 saturated carbocycles. The Morgan fingerprint density at radius 1 is 0.840 bits per heavy atom. The first-order valence-corrected chi connectivity index (χ1v) is 8.83. The van der Waals surface area contributed by atoms with Gasteiger partial charge in [0.2, 0.25) is 0 Å². The van der Waals surface area contributed by atoms with Crippen LogP contribution in [0.15, 0.2) is 66.9 Å². The van der Waals surface area contributed by atoms with E-state index in [0.29, 0.717) is 5.56 Å². The lowest BCUT2D eigenvalue weighted by Gasteiger charge is -2.26. The molecule has 4 rings (SSSR count). The Labute approximate surface area is 147 Å². The number of carbonyl (C=O) groups is 1. The smallest absolute Gasteiger partial charge is 0.257 e. The summed E-state index contributed by atoms with van der Waals surface area (Å²) >= 11 is 0. The van der Waals surface area contributed by atoms with Crippen molar-refractivity contribution >= 4 is 5.91 Å². The van der Waals surface area contributed by atoms with E-state index in [-0.39, 0.29) is 5.91 Å². The number of likely N-dealkylation sites (tertiary alicyclic amines) is 1. The number of carbonyl (C=O) groups excluding carboxylic acids is 1. The van der Waals surface area contributed by atoms with Crippen LogP contribution in [0.3, 0.4) is 0 Å². The SMILES string of the molecule is O=C(c1cnn(-c2ccccc2)c1-c1ccccc1)N1CCCCC1. The Morgan fingerprint density at radius 2 is 1.48 bits per heavy atom. The van der Waals surface area contributed by atoms with Crippen molar-refractivity contribution in [2.24, 2.45) is 0 Å². The maximum Gasteiger partial charge on any atom is 0.257 e. The Bertz CT molecular complexity index is 849. The summed E-state index contributed by atoms with van der Waals surface area (Å²) in [4.78, 5) is 15.1. The van der Waals surface area contributed by atoms with Crippen LogP contribution in [0, 0.1) is 0 Å². The number of piperidine rings is 1. The molecular weight excluding hydrogens is 310 g/mol. The molecule has 0 bridgehead atoms. The molecule has 0 atom stereocenters. The number of nitrogens with zero attached hydrogens (tertiary/aromatic N) is 3. The number of rotatable bonds is 3. The molecule has 0 unspecified atom stereocenters. The van der Waals surface area contributed by atoms with E-state index in [9.17, 15) is 4.79 Å². The van der Waals surface area contributed by atoms with Gasteiger partial charge in [-0.3, -0.25) is 4.79 Å². The van der Waals surface area contributed by atoms with Crippen molar-refractivity contribution in [1.29, 1.82) is 0 Å². The number of para-hydroxylation sites is 1. The molecule has 1 saturated heterocycles. The second-order valence-electron chi connectivity index (χ2n) is 6.37. The van der Waals surface area contributed by atoms with Crippen LogP contribution < -0.4 is 0 Å². The van der Waals surface area contributed by atoms with E-state index in [1.54, 1.807) is 6.20 Å². The molecule has 1 aromatic heterocycles. The van der Waals surface area contributed by atoms with Gasteiger partial charge in [-0.1, -0.05) is 48.5 Å². The molecule has 0 N–H and O–H groups in total. The molecule has 0 aliphatic carbocycles. The normalized spacial score (nSPS) is 14.5. The zero-order valence-corrected chi connectivity index (χ0v) is 14.1. The predicted octanol–water partition coefficient (Wildman–Crippen LogP) is 4.17. The summed E-state index contributed by atoms with van der Waals surface area (Å²) in [6.07, 6.45) is 5.09. The molecule has 1 aliphatic rings. The summed E-state index contributed by atoms with van der Waals surface area (Å²) in [5.41, 5.74) is 3.50. The van der Waals surface area contributed by atoms with Gasteiger partial charge in [0.15, 0.2) is 0 Å². The summed E-state index contributed by atoms with van der Waals surface area (Å²) in [7, 11) is 0. The molecule has 0 spiro atoms.